The number of aromatic carboxylic acids is 1. The van der Waals surface area contributed by atoms with Gasteiger partial charge in [-0.2, -0.15) is 0 Å². The van der Waals surface area contributed by atoms with Crippen molar-refractivity contribution in [2.24, 2.45) is 7.05 Å². The molecule has 0 saturated heterocycles. The first-order chi connectivity index (χ1) is 6.20. The molecule has 0 aliphatic heterocycles. The zero-order valence-electron chi connectivity index (χ0n) is 7.06. The van der Waals surface area contributed by atoms with Crippen LogP contribution in [-0.4, -0.2) is 20.6 Å². The van der Waals surface area contributed by atoms with Crippen molar-refractivity contribution in [1.29, 1.82) is 0 Å². The number of aromatic nitrogens is 2. The Labute approximate surface area is 74.4 Å². The van der Waals surface area contributed by atoms with Gasteiger partial charge in [0, 0.05) is 24.8 Å². The number of carboxylic acids is 1. The van der Waals surface area contributed by atoms with Gasteiger partial charge in [0.15, 0.2) is 5.69 Å². The molecule has 4 nitrogen and oxygen atoms in total. The first-order valence-corrected chi connectivity index (χ1v) is 3.83. The topological polar surface area (TPSA) is 55.1 Å². The van der Waals surface area contributed by atoms with Crippen LogP contribution in [0.25, 0.3) is 10.9 Å². The largest absolute Gasteiger partial charge is 0.476 e. The van der Waals surface area contributed by atoms with Crippen molar-refractivity contribution < 1.29 is 9.90 Å². The Hall–Kier alpha value is -1.84. The van der Waals surface area contributed by atoms with Crippen molar-refractivity contribution in [2.45, 2.75) is 0 Å². The maximum Gasteiger partial charge on any atom is 0.355 e. The fourth-order valence-electron chi connectivity index (χ4n) is 1.37. The van der Waals surface area contributed by atoms with Crippen LogP contribution in [-0.2, 0) is 7.05 Å². The van der Waals surface area contributed by atoms with E-state index in [0.717, 1.165) is 5.52 Å². The van der Waals surface area contributed by atoms with Crippen LogP contribution < -0.4 is 0 Å². The summed E-state index contributed by atoms with van der Waals surface area (Å²) in [5.41, 5.74) is 0.991. The Bertz CT molecular complexity index is 473. The van der Waals surface area contributed by atoms with Gasteiger partial charge in [0.05, 0.1) is 5.52 Å². The van der Waals surface area contributed by atoms with Crippen molar-refractivity contribution >= 4 is 16.9 Å². The van der Waals surface area contributed by atoms with Crippen LogP contribution in [0, 0.1) is 0 Å². The summed E-state index contributed by atoms with van der Waals surface area (Å²) in [6.45, 7) is 0. The van der Waals surface area contributed by atoms with Crippen molar-refractivity contribution in [1.82, 2.24) is 9.55 Å². The molecular formula is C9H8N2O2. The monoisotopic (exact) mass is 176 g/mol. The molecule has 66 valence electrons. The number of carbonyl (C=O) groups is 1. The molecule has 0 aliphatic rings. The second kappa shape index (κ2) is 2.58. The number of hydrogen-bond donors (Lipinski definition) is 1. The molecule has 0 atom stereocenters. The number of fused-ring (bicyclic) bond motifs is 1. The van der Waals surface area contributed by atoms with Gasteiger partial charge >= 0.3 is 5.97 Å². The van der Waals surface area contributed by atoms with Crippen molar-refractivity contribution in [2.75, 3.05) is 0 Å². The average Bonchev–Trinajstić information content (AvgIpc) is 2.48. The lowest BCUT2D eigenvalue weighted by Crippen LogP contribution is -2.00. The van der Waals surface area contributed by atoms with Crippen LogP contribution in [0.4, 0.5) is 0 Å². The SMILES string of the molecule is Cn1ccc2c(C(=O)O)nccc21. The van der Waals surface area contributed by atoms with Crippen molar-refractivity contribution in [3.63, 3.8) is 0 Å². The lowest BCUT2D eigenvalue weighted by atomic mass is 10.2. The Balaban J connectivity index is 2.84. The van der Waals surface area contributed by atoms with E-state index in [1.807, 2.05) is 17.8 Å². The summed E-state index contributed by atoms with van der Waals surface area (Å²) < 4.78 is 1.86. The van der Waals surface area contributed by atoms with Gasteiger partial charge in [0.2, 0.25) is 0 Å². The van der Waals surface area contributed by atoms with Gasteiger partial charge in [-0.05, 0) is 12.1 Å². The third-order valence-corrected chi connectivity index (χ3v) is 2.01. The van der Waals surface area contributed by atoms with Gasteiger partial charge in [-0.3, -0.25) is 0 Å². The zero-order valence-corrected chi connectivity index (χ0v) is 7.06. The lowest BCUT2D eigenvalue weighted by Gasteiger charge is -1.97. The summed E-state index contributed by atoms with van der Waals surface area (Å²) >= 11 is 0. The van der Waals surface area contributed by atoms with E-state index in [9.17, 15) is 4.79 Å². The molecule has 0 bridgehead atoms. The molecule has 0 unspecified atom stereocenters. The predicted octanol–water partition coefficient (Wildman–Crippen LogP) is 1.27. The van der Waals surface area contributed by atoms with Crippen LogP contribution >= 0.6 is 0 Å². The van der Waals surface area contributed by atoms with E-state index in [0.29, 0.717) is 5.39 Å². The van der Waals surface area contributed by atoms with Crippen LogP contribution in [0.2, 0.25) is 0 Å². The molecule has 13 heavy (non-hydrogen) atoms. The van der Waals surface area contributed by atoms with Crippen molar-refractivity contribution in [3.05, 3.63) is 30.2 Å². The van der Waals surface area contributed by atoms with Gasteiger partial charge in [-0.25, -0.2) is 9.78 Å². The van der Waals surface area contributed by atoms with E-state index in [1.54, 1.807) is 12.1 Å². The number of carboxylic acid groups (broad SMARTS) is 1. The molecule has 0 fully saturated rings. The molecule has 0 saturated carbocycles. The predicted molar refractivity (Wildman–Crippen MR) is 47.7 cm³/mol. The Morgan fingerprint density at radius 2 is 2.31 bits per heavy atom. The third kappa shape index (κ3) is 1.07. The lowest BCUT2D eigenvalue weighted by molar-refractivity contribution is 0.0693. The molecule has 1 N–H and O–H groups in total. The van der Waals surface area contributed by atoms with Gasteiger partial charge < -0.3 is 9.67 Å². The molecule has 2 aromatic rings. The molecule has 4 heteroatoms. The summed E-state index contributed by atoms with van der Waals surface area (Å²) in [4.78, 5) is 14.6. The minimum absolute atomic E-state index is 0.109. The molecule has 0 aromatic carbocycles. The minimum Gasteiger partial charge on any atom is -0.476 e. The minimum atomic E-state index is -0.989. The summed E-state index contributed by atoms with van der Waals surface area (Å²) in [7, 11) is 1.87. The second-order valence-electron chi connectivity index (χ2n) is 2.82. The normalized spacial score (nSPS) is 10.5. The Morgan fingerprint density at radius 3 is 3.00 bits per heavy atom. The molecule has 0 aliphatic carbocycles. The maximum absolute atomic E-state index is 10.8. The van der Waals surface area contributed by atoms with Crippen LogP contribution in [0.15, 0.2) is 24.5 Å². The van der Waals surface area contributed by atoms with Crippen molar-refractivity contribution in [3.8, 4) is 0 Å². The van der Waals surface area contributed by atoms with E-state index >= 15 is 0 Å². The highest BCUT2D eigenvalue weighted by atomic mass is 16.4. The number of pyridine rings is 1. The van der Waals surface area contributed by atoms with Gasteiger partial charge in [0.1, 0.15) is 0 Å². The highest BCUT2D eigenvalue weighted by molar-refractivity contribution is 6.00. The molecule has 2 rings (SSSR count). The Morgan fingerprint density at radius 1 is 1.54 bits per heavy atom. The fraction of sp³-hybridized carbons (Fsp3) is 0.111. The fourth-order valence-corrected chi connectivity index (χ4v) is 1.37. The van der Waals surface area contributed by atoms with E-state index in [1.165, 1.54) is 6.20 Å². The highest BCUT2D eigenvalue weighted by Gasteiger charge is 2.10. The second-order valence-corrected chi connectivity index (χ2v) is 2.82. The van der Waals surface area contributed by atoms with Gasteiger partial charge in [-0.1, -0.05) is 0 Å². The highest BCUT2D eigenvalue weighted by Crippen LogP contribution is 2.16. The third-order valence-electron chi connectivity index (χ3n) is 2.01. The summed E-state index contributed by atoms with van der Waals surface area (Å²) in [5.74, 6) is -0.989. The summed E-state index contributed by atoms with van der Waals surface area (Å²) in [6, 6.07) is 3.55. The van der Waals surface area contributed by atoms with E-state index in [2.05, 4.69) is 4.98 Å². The van der Waals surface area contributed by atoms with E-state index in [-0.39, 0.29) is 5.69 Å². The van der Waals surface area contributed by atoms with Gasteiger partial charge in [0.25, 0.3) is 0 Å². The number of nitrogens with zero attached hydrogens (tertiary/aromatic N) is 2. The van der Waals surface area contributed by atoms with Crippen LogP contribution in [0.5, 0.6) is 0 Å². The Kier molecular flexibility index (Phi) is 1.55. The maximum atomic E-state index is 10.8. The molecule has 0 radical (unpaired) electrons. The molecule has 2 heterocycles. The molecule has 2 aromatic heterocycles. The quantitative estimate of drug-likeness (QED) is 0.711. The molecule has 0 amide bonds. The van der Waals surface area contributed by atoms with Crippen LogP contribution in [0.3, 0.4) is 0 Å². The average molecular weight is 176 g/mol. The van der Waals surface area contributed by atoms with E-state index < -0.39 is 5.97 Å². The smallest absolute Gasteiger partial charge is 0.355 e. The summed E-state index contributed by atoms with van der Waals surface area (Å²) in [5, 5.41) is 9.50. The first-order valence-electron chi connectivity index (χ1n) is 3.83. The number of rotatable bonds is 1. The van der Waals surface area contributed by atoms with Gasteiger partial charge in [-0.15, -0.1) is 0 Å². The molecule has 0 spiro atoms. The number of aryl methyl sites for hydroxylation is 1. The number of hydrogen-bond acceptors (Lipinski definition) is 2. The van der Waals surface area contributed by atoms with E-state index in [4.69, 9.17) is 5.11 Å². The molecular weight excluding hydrogens is 168 g/mol. The standard InChI is InChI=1S/C9H8N2O2/c1-11-5-3-6-7(11)2-4-10-8(6)9(12)13/h2-5H,1H3,(H,12,13). The zero-order chi connectivity index (χ0) is 9.42. The first kappa shape index (κ1) is 7.79. The van der Waals surface area contributed by atoms with Crippen LogP contribution in [0.1, 0.15) is 10.5 Å². The summed E-state index contributed by atoms with van der Waals surface area (Å²) in [6.07, 6.45) is 3.32.